The largest absolute Gasteiger partial charge is 0.466 e. The average Bonchev–Trinajstić information content (AvgIpc) is 3.25. The summed E-state index contributed by atoms with van der Waals surface area (Å²) in [5.41, 5.74) is 0. The molecule has 0 saturated heterocycles. The number of aliphatic hydroxyl groups is 2. The van der Waals surface area contributed by atoms with Gasteiger partial charge in [0.25, 0.3) is 0 Å². The van der Waals surface area contributed by atoms with Crippen LogP contribution in [0.15, 0.2) is 48.6 Å². The minimum absolute atomic E-state index is 0.0301. The standard InChI is InChI=1S/C54H99NO5/c1-3-5-7-9-11-13-15-17-18-19-20-23-26-30-34-38-42-46-52(57)51(50-56)55-53(58)47-43-39-35-31-27-24-21-25-29-33-37-41-45-49-60-54(59)48-44-40-36-32-28-22-16-14-12-10-8-6-4-2/h8,10,14,16,24,27,42,46,51-52,56-57H,3-7,9,11-13,15,17-23,25-26,28-41,43-45,47-50H2,1-2H3,(H,55,58)/b10-8-,16-14-,27-24-,46-42+. The molecule has 3 N–H and O–H groups in total. The molecule has 0 fully saturated rings. The van der Waals surface area contributed by atoms with E-state index >= 15 is 0 Å². The smallest absolute Gasteiger partial charge is 0.305 e. The predicted molar refractivity (Wildman–Crippen MR) is 259 cm³/mol. The monoisotopic (exact) mass is 842 g/mol. The maximum atomic E-state index is 12.4. The topological polar surface area (TPSA) is 95.9 Å². The number of rotatable bonds is 47. The van der Waals surface area contributed by atoms with Crippen molar-refractivity contribution in [1.29, 1.82) is 0 Å². The van der Waals surface area contributed by atoms with E-state index in [1.54, 1.807) is 6.08 Å². The maximum Gasteiger partial charge on any atom is 0.305 e. The Kier molecular flexibility index (Phi) is 47.7. The average molecular weight is 842 g/mol. The molecule has 0 aromatic carbocycles. The summed E-state index contributed by atoms with van der Waals surface area (Å²) in [6, 6.07) is -0.649. The van der Waals surface area contributed by atoms with Gasteiger partial charge in [-0.2, -0.15) is 0 Å². The van der Waals surface area contributed by atoms with Crippen molar-refractivity contribution in [2.75, 3.05) is 13.2 Å². The zero-order valence-corrected chi connectivity index (χ0v) is 39.7. The molecule has 2 atom stereocenters. The third kappa shape index (κ3) is 45.3. The number of hydrogen-bond acceptors (Lipinski definition) is 5. The van der Waals surface area contributed by atoms with Crippen LogP contribution in [0.3, 0.4) is 0 Å². The van der Waals surface area contributed by atoms with Crippen molar-refractivity contribution in [2.45, 2.75) is 270 Å². The normalized spacial score (nSPS) is 13.1. The lowest BCUT2D eigenvalue weighted by Gasteiger charge is -2.19. The van der Waals surface area contributed by atoms with Crippen LogP contribution in [0.2, 0.25) is 0 Å². The number of allylic oxidation sites excluding steroid dienone is 7. The van der Waals surface area contributed by atoms with Gasteiger partial charge in [0.15, 0.2) is 0 Å². The number of esters is 1. The van der Waals surface area contributed by atoms with E-state index in [9.17, 15) is 19.8 Å². The Bertz CT molecular complexity index is 1020. The van der Waals surface area contributed by atoms with E-state index in [1.807, 2.05) is 6.08 Å². The van der Waals surface area contributed by atoms with E-state index in [-0.39, 0.29) is 18.5 Å². The maximum absolute atomic E-state index is 12.4. The zero-order valence-electron chi connectivity index (χ0n) is 39.7. The van der Waals surface area contributed by atoms with Gasteiger partial charge >= 0.3 is 5.97 Å². The Hall–Kier alpha value is -2.18. The van der Waals surface area contributed by atoms with E-state index in [4.69, 9.17) is 4.74 Å². The Morgan fingerprint density at radius 1 is 0.467 bits per heavy atom. The molecule has 60 heavy (non-hydrogen) atoms. The molecule has 0 aromatic heterocycles. The molecular formula is C54H99NO5. The number of ether oxygens (including phenoxy) is 1. The summed E-state index contributed by atoms with van der Waals surface area (Å²) in [6.45, 7) is 4.78. The van der Waals surface area contributed by atoms with Gasteiger partial charge in [-0.3, -0.25) is 9.59 Å². The van der Waals surface area contributed by atoms with Gasteiger partial charge < -0.3 is 20.3 Å². The fourth-order valence-electron chi connectivity index (χ4n) is 7.55. The van der Waals surface area contributed by atoms with Crippen molar-refractivity contribution in [3.05, 3.63) is 48.6 Å². The molecule has 0 aliphatic rings. The minimum atomic E-state index is -0.863. The fourth-order valence-corrected chi connectivity index (χ4v) is 7.55. The molecule has 0 bridgehead atoms. The van der Waals surface area contributed by atoms with Gasteiger partial charge in [0, 0.05) is 12.8 Å². The molecule has 1 amide bonds. The first-order chi connectivity index (χ1) is 29.5. The lowest BCUT2D eigenvalue weighted by Crippen LogP contribution is -2.45. The van der Waals surface area contributed by atoms with Gasteiger partial charge in [0.2, 0.25) is 5.91 Å². The highest BCUT2D eigenvalue weighted by molar-refractivity contribution is 5.76. The molecule has 0 heterocycles. The number of amides is 1. The summed E-state index contributed by atoms with van der Waals surface area (Å²) in [5, 5.41) is 23.1. The fraction of sp³-hybridized carbons (Fsp3) is 0.815. The molecular weight excluding hydrogens is 743 g/mol. The molecule has 6 heteroatoms. The van der Waals surface area contributed by atoms with Crippen LogP contribution in [-0.2, 0) is 14.3 Å². The molecule has 6 nitrogen and oxygen atoms in total. The summed E-state index contributed by atoms with van der Waals surface area (Å²) < 4.78 is 5.44. The van der Waals surface area contributed by atoms with Gasteiger partial charge in [-0.15, -0.1) is 0 Å². The Balaban J connectivity index is 3.56. The Morgan fingerprint density at radius 2 is 0.867 bits per heavy atom. The summed E-state index contributed by atoms with van der Waals surface area (Å²) in [6.07, 6.45) is 61.1. The summed E-state index contributed by atoms with van der Waals surface area (Å²) >= 11 is 0. The molecule has 2 unspecified atom stereocenters. The molecule has 0 radical (unpaired) electrons. The predicted octanol–water partition coefficient (Wildman–Crippen LogP) is 15.5. The number of hydrogen-bond donors (Lipinski definition) is 3. The van der Waals surface area contributed by atoms with E-state index in [2.05, 4.69) is 55.6 Å². The van der Waals surface area contributed by atoms with Crippen molar-refractivity contribution in [2.24, 2.45) is 0 Å². The summed E-state index contributed by atoms with van der Waals surface area (Å²) in [7, 11) is 0. The van der Waals surface area contributed by atoms with E-state index in [1.165, 1.54) is 148 Å². The van der Waals surface area contributed by atoms with Crippen LogP contribution in [0, 0.1) is 0 Å². The van der Waals surface area contributed by atoms with Crippen molar-refractivity contribution < 1.29 is 24.5 Å². The van der Waals surface area contributed by atoms with Crippen LogP contribution in [-0.4, -0.2) is 47.4 Å². The second-order valence-electron chi connectivity index (χ2n) is 17.5. The van der Waals surface area contributed by atoms with Crippen molar-refractivity contribution in [1.82, 2.24) is 5.32 Å². The van der Waals surface area contributed by atoms with Crippen LogP contribution in [0.1, 0.15) is 258 Å². The van der Waals surface area contributed by atoms with Gasteiger partial charge in [0.1, 0.15) is 0 Å². The van der Waals surface area contributed by atoms with Crippen LogP contribution in [0.25, 0.3) is 0 Å². The second kappa shape index (κ2) is 49.5. The van der Waals surface area contributed by atoms with Crippen molar-refractivity contribution in [3.63, 3.8) is 0 Å². The van der Waals surface area contributed by atoms with Crippen molar-refractivity contribution >= 4 is 11.9 Å². The number of carbonyl (C=O) groups excluding carboxylic acids is 2. The highest BCUT2D eigenvalue weighted by Gasteiger charge is 2.18. The van der Waals surface area contributed by atoms with Crippen LogP contribution < -0.4 is 5.32 Å². The Labute approximate surface area is 372 Å². The molecule has 0 saturated carbocycles. The number of unbranched alkanes of at least 4 members (excludes halogenated alkanes) is 30. The van der Waals surface area contributed by atoms with Gasteiger partial charge in [-0.25, -0.2) is 0 Å². The number of nitrogens with one attached hydrogen (secondary N) is 1. The summed E-state index contributed by atoms with van der Waals surface area (Å²) in [4.78, 5) is 24.4. The minimum Gasteiger partial charge on any atom is -0.466 e. The molecule has 0 aromatic rings. The van der Waals surface area contributed by atoms with Crippen molar-refractivity contribution in [3.8, 4) is 0 Å². The third-order valence-electron chi connectivity index (χ3n) is 11.5. The highest BCUT2D eigenvalue weighted by Crippen LogP contribution is 2.15. The molecule has 0 aliphatic carbocycles. The Morgan fingerprint density at radius 3 is 1.37 bits per heavy atom. The zero-order chi connectivity index (χ0) is 43.7. The quantitative estimate of drug-likeness (QED) is 0.0322. The lowest BCUT2D eigenvalue weighted by molar-refractivity contribution is -0.143. The van der Waals surface area contributed by atoms with E-state index in [0.29, 0.717) is 19.4 Å². The number of aliphatic hydroxyl groups excluding tert-OH is 2. The van der Waals surface area contributed by atoms with Crippen LogP contribution in [0.5, 0.6) is 0 Å². The van der Waals surface area contributed by atoms with Crippen LogP contribution >= 0.6 is 0 Å². The third-order valence-corrected chi connectivity index (χ3v) is 11.5. The lowest BCUT2D eigenvalue weighted by atomic mass is 10.0. The molecule has 0 aliphatic heterocycles. The summed E-state index contributed by atoms with van der Waals surface area (Å²) in [5.74, 6) is -0.129. The first-order valence-corrected chi connectivity index (χ1v) is 25.9. The molecule has 0 spiro atoms. The van der Waals surface area contributed by atoms with E-state index < -0.39 is 12.1 Å². The molecule has 350 valence electrons. The second-order valence-corrected chi connectivity index (χ2v) is 17.5. The van der Waals surface area contributed by atoms with Gasteiger partial charge in [-0.1, -0.05) is 210 Å². The van der Waals surface area contributed by atoms with E-state index in [0.717, 1.165) is 83.5 Å². The van der Waals surface area contributed by atoms with Crippen LogP contribution in [0.4, 0.5) is 0 Å². The highest BCUT2D eigenvalue weighted by atomic mass is 16.5. The van der Waals surface area contributed by atoms with Gasteiger partial charge in [-0.05, 0) is 83.5 Å². The SMILES string of the molecule is CCC/C=C\C/C=C\CCCCCCCC(=O)OCCCCCCCC/C=C\CCCCCC(=O)NC(CO)C(O)/C=C/CCCCCCCCCCCCCCCCC. The first kappa shape index (κ1) is 57.8. The molecule has 0 rings (SSSR count). The number of carbonyl (C=O) groups is 2. The van der Waals surface area contributed by atoms with Gasteiger partial charge in [0.05, 0.1) is 25.4 Å². The first-order valence-electron chi connectivity index (χ1n) is 25.9.